The number of benzene rings is 4. The van der Waals surface area contributed by atoms with Crippen molar-refractivity contribution in [2.24, 2.45) is 23.7 Å². The Kier molecular flexibility index (Phi) is 8.33. The Labute approximate surface area is 318 Å². The summed E-state index contributed by atoms with van der Waals surface area (Å²) in [5, 5.41) is 35.0. The molecule has 0 radical (unpaired) electrons. The van der Waals surface area contributed by atoms with Gasteiger partial charge in [0.2, 0.25) is 23.6 Å². The average Bonchev–Trinajstić information content (AvgIpc) is 3.55. The van der Waals surface area contributed by atoms with Crippen LogP contribution in [-0.4, -0.2) is 52.7 Å². The summed E-state index contributed by atoms with van der Waals surface area (Å²) in [7, 11) is 2.82. The van der Waals surface area contributed by atoms with Gasteiger partial charge in [0.1, 0.15) is 5.75 Å². The quantitative estimate of drug-likeness (QED) is 0.0971. The number of nitro groups is 2. The first-order valence-electron chi connectivity index (χ1n) is 17.5. The molecule has 0 aromatic heterocycles. The van der Waals surface area contributed by atoms with Crippen molar-refractivity contribution in [1.29, 1.82) is 0 Å². The summed E-state index contributed by atoms with van der Waals surface area (Å²) in [5.74, 6) is -7.09. The first-order chi connectivity index (χ1) is 26.3. The van der Waals surface area contributed by atoms with E-state index in [1.165, 1.54) is 37.2 Å². The van der Waals surface area contributed by atoms with Gasteiger partial charge in [0, 0.05) is 37.2 Å². The predicted octanol–water partition coefficient (Wildman–Crippen LogP) is 6.30. The van der Waals surface area contributed by atoms with Gasteiger partial charge >= 0.3 is 11.4 Å². The number of rotatable bonds is 7. The number of phenolic OH excluding ortho intramolecular Hbond substituents is 1. The van der Waals surface area contributed by atoms with Crippen molar-refractivity contribution in [3.8, 4) is 5.75 Å². The van der Waals surface area contributed by atoms with E-state index in [4.69, 9.17) is 11.6 Å². The SMILES string of the molecule is CN(C)c1c([N+](=O)[O-])cc(N2C(=O)[C@H]3[C@H](CC=C4[C@H]3C[C@H]3C(=O)N(c5cccc(Cl)c5)C(=O)[C@@]3(c3ccccc3)[C@H]4c3ccc(O)cc3)C2=O)cc1[N+](=O)[O-]. The lowest BCUT2D eigenvalue weighted by atomic mass is 9.49. The number of carbonyl (C=O) groups excluding carboxylic acids is 4. The number of amides is 4. The summed E-state index contributed by atoms with van der Waals surface area (Å²) in [6, 6.07) is 23.7. The van der Waals surface area contributed by atoms with Gasteiger partial charge in [-0.15, -0.1) is 0 Å². The van der Waals surface area contributed by atoms with Crippen molar-refractivity contribution >= 4 is 63.7 Å². The standard InChI is InChI=1S/C40H32ClN5O9/c1-42(2)35-31(45(52)53)18-25(19-32(35)46(54)55)43-36(48)28-16-15-27-29(33(28)38(43)50)20-30-37(49)44(24-10-6-9-23(41)17-24)39(51)40(30,22-7-4-3-5-8-22)34(27)21-11-13-26(47)14-12-21/h3-15,17-19,28-30,33-34,47H,16,20H2,1-2H3/t28-,29+,30-,33-,34-,40+/m0/s1. The van der Waals surface area contributed by atoms with Crippen LogP contribution in [0, 0.1) is 43.9 Å². The summed E-state index contributed by atoms with van der Waals surface area (Å²) in [6.07, 6.45) is 1.89. The molecule has 2 saturated heterocycles. The molecule has 4 amide bonds. The number of fused-ring (bicyclic) bond motifs is 4. The monoisotopic (exact) mass is 761 g/mol. The smallest absolute Gasteiger partial charge is 0.301 e. The Balaban J connectivity index is 1.31. The van der Waals surface area contributed by atoms with E-state index in [2.05, 4.69) is 0 Å². The highest BCUT2D eigenvalue weighted by molar-refractivity contribution is 6.32. The van der Waals surface area contributed by atoms with Gasteiger partial charge in [-0.1, -0.05) is 71.8 Å². The number of allylic oxidation sites excluding steroid dienone is 2. The van der Waals surface area contributed by atoms with Gasteiger partial charge in [-0.2, -0.15) is 0 Å². The van der Waals surface area contributed by atoms with E-state index in [0.29, 0.717) is 21.7 Å². The molecule has 8 rings (SSSR count). The second-order valence-corrected chi connectivity index (χ2v) is 14.9. The van der Waals surface area contributed by atoms with Crippen LogP contribution in [0.1, 0.15) is 29.9 Å². The van der Waals surface area contributed by atoms with E-state index in [1.54, 1.807) is 60.7 Å². The van der Waals surface area contributed by atoms with Crippen molar-refractivity contribution in [1.82, 2.24) is 0 Å². The molecule has 2 aliphatic carbocycles. The molecule has 15 heteroatoms. The maximum Gasteiger partial charge on any atom is 0.301 e. The first-order valence-corrected chi connectivity index (χ1v) is 17.9. The summed E-state index contributed by atoms with van der Waals surface area (Å²) in [4.78, 5) is 85.0. The van der Waals surface area contributed by atoms with Crippen molar-refractivity contribution in [3.05, 3.63) is 139 Å². The van der Waals surface area contributed by atoms with Crippen LogP contribution in [-0.2, 0) is 24.6 Å². The predicted molar refractivity (Wildman–Crippen MR) is 201 cm³/mol. The lowest BCUT2D eigenvalue weighted by Gasteiger charge is -2.50. The van der Waals surface area contributed by atoms with Crippen LogP contribution in [0.3, 0.4) is 0 Å². The minimum atomic E-state index is -1.53. The van der Waals surface area contributed by atoms with Crippen molar-refractivity contribution < 1.29 is 34.1 Å². The van der Waals surface area contributed by atoms with Crippen LogP contribution in [0.15, 0.2) is 103 Å². The third-order valence-electron chi connectivity index (χ3n) is 11.5. The Morgan fingerprint density at radius 2 is 1.44 bits per heavy atom. The number of nitro benzene ring substituents is 2. The molecule has 3 fully saturated rings. The van der Waals surface area contributed by atoms with Crippen LogP contribution in [0.25, 0.3) is 0 Å². The maximum atomic E-state index is 15.3. The lowest BCUT2D eigenvalue weighted by Crippen LogP contribution is -2.53. The highest BCUT2D eigenvalue weighted by Gasteiger charge is 2.70. The molecule has 2 heterocycles. The fourth-order valence-electron chi connectivity index (χ4n) is 9.50. The summed E-state index contributed by atoms with van der Waals surface area (Å²) in [6.45, 7) is 0. The molecule has 6 atom stereocenters. The number of imide groups is 2. The Morgan fingerprint density at radius 3 is 2.04 bits per heavy atom. The molecular formula is C40H32ClN5O9. The molecule has 55 heavy (non-hydrogen) atoms. The molecule has 0 unspecified atom stereocenters. The number of nitrogens with zero attached hydrogens (tertiary/aromatic N) is 5. The van der Waals surface area contributed by atoms with Gasteiger partial charge in [-0.25, -0.2) is 9.80 Å². The topological polar surface area (TPSA) is 185 Å². The van der Waals surface area contributed by atoms with E-state index in [-0.39, 0.29) is 35.7 Å². The van der Waals surface area contributed by atoms with Crippen LogP contribution < -0.4 is 14.7 Å². The fourth-order valence-corrected chi connectivity index (χ4v) is 9.68. The third kappa shape index (κ3) is 5.15. The van der Waals surface area contributed by atoms with E-state index < -0.39 is 79.9 Å². The molecule has 2 aliphatic heterocycles. The molecule has 4 aliphatic rings. The number of halogens is 1. The molecule has 278 valence electrons. The molecular weight excluding hydrogens is 730 g/mol. The van der Waals surface area contributed by atoms with Gasteiger partial charge in [0.25, 0.3) is 0 Å². The first kappa shape index (κ1) is 35.6. The molecule has 14 nitrogen and oxygen atoms in total. The summed E-state index contributed by atoms with van der Waals surface area (Å²) >= 11 is 6.36. The zero-order chi connectivity index (χ0) is 39.1. The third-order valence-corrected chi connectivity index (χ3v) is 11.8. The number of carbonyl (C=O) groups is 4. The van der Waals surface area contributed by atoms with Crippen LogP contribution in [0.5, 0.6) is 5.75 Å². The maximum absolute atomic E-state index is 15.3. The number of hydrogen-bond acceptors (Lipinski definition) is 10. The fraction of sp³-hybridized carbons (Fsp3) is 0.250. The van der Waals surface area contributed by atoms with Gasteiger partial charge in [0.05, 0.1) is 44.4 Å². The van der Waals surface area contributed by atoms with Gasteiger partial charge in [0.15, 0.2) is 5.69 Å². The normalized spacial score (nSPS) is 25.7. The Hall–Kier alpha value is -6.41. The molecule has 0 bridgehead atoms. The molecule has 1 N–H and O–H groups in total. The highest BCUT2D eigenvalue weighted by atomic mass is 35.5. The molecule has 1 saturated carbocycles. The Bertz CT molecular complexity index is 2350. The number of phenols is 1. The zero-order valence-electron chi connectivity index (χ0n) is 29.4. The average molecular weight is 762 g/mol. The van der Waals surface area contributed by atoms with E-state index >= 15 is 4.79 Å². The van der Waals surface area contributed by atoms with E-state index in [0.717, 1.165) is 21.9 Å². The molecule has 0 spiro atoms. The van der Waals surface area contributed by atoms with Crippen LogP contribution in [0.4, 0.5) is 28.4 Å². The number of aromatic hydroxyl groups is 1. The van der Waals surface area contributed by atoms with Crippen LogP contribution >= 0.6 is 11.6 Å². The number of anilines is 3. The highest BCUT2D eigenvalue weighted by Crippen LogP contribution is 2.64. The van der Waals surface area contributed by atoms with Gasteiger partial charge in [-0.3, -0.25) is 39.4 Å². The second-order valence-electron chi connectivity index (χ2n) is 14.4. The Morgan fingerprint density at radius 1 is 0.782 bits per heavy atom. The lowest BCUT2D eigenvalue weighted by molar-refractivity contribution is -0.392. The van der Waals surface area contributed by atoms with Gasteiger partial charge < -0.3 is 10.0 Å². The van der Waals surface area contributed by atoms with Gasteiger partial charge in [-0.05, 0) is 60.2 Å². The van der Waals surface area contributed by atoms with Crippen LogP contribution in [0.2, 0.25) is 5.02 Å². The number of hydrogen-bond donors (Lipinski definition) is 1. The van der Waals surface area contributed by atoms with Crippen molar-refractivity contribution in [2.75, 3.05) is 28.8 Å². The summed E-state index contributed by atoms with van der Waals surface area (Å²) in [5.41, 5.74) is -1.35. The minimum Gasteiger partial charge on any atom is -0.508 e. The molecule has 4 aromatic carbocycles. The largest absolute Gasteiger partial charge is 0.508 e. The molecule has 4 aromatic rings. The second kappa shape index (κ2) is 12.9. The minimum absolute atomic E-state index is 0.00909. The summed E-state index contributed by atoms with van der Waals surface area (Å²) < 4.78 is 0. The van der Waals surface area contributed by atoms with E-state index in [1.807, 2.05) is 6.08 Å². The van der Waals surface area contributed by atoms with Crippen molar-refractivity contribution in [3.63, 3.8) is 0 Å². The van der Waals surface area contributed by atoms with Crippen molar-refractivity contribution in [2.45, 2.75) is 24.2 Å². The zero-order valence-corrected chi connectivity index (χ0v) is 30.1. The van der Waals surface area contributed by atoms with E-state index in [9.17, 15) is 39.7 Å².